The Balaban J connectivity index is 1.82. The summed E-state index contributed by atoms with van der Waals surface area (Å²) in [6, 6.07) is 5.60. The summed E-state index contributed by atoms with van der Waals surface area (Å²) in [6.07, 6.45) is -0.599. The highest BCUT2D eigenvalue weighted by atomic mass is 79.9. The van der Waals surface area contributed by atoms with Crippen LogP contribution in [0.2, 0.25) is 0 Å². The lowest BCUT2D eigenvalue weighted by atomic mass is 10.1. The van der Waals surface area contributed by atoms with Crippen molar-refractivity contribution in [3.05, 3.63) is 34.0 Å². The fraction of sp³-hybridized carbons (Fsp3) is 0.375. The normalized spacial score (nSPS) is 18.3. The molecule has 1 atom stereocenters. The van der Waals surface area contributed by atoms with Gasteiger partial charge < -0.3 is 19.2 Å². The Bertz CT molecular complexity index is 769. The van der Waals surface area contributed by atoms with Crippen molar-refractivity contribution in [2.75, 3.05) is 19.7 Å². The monoisotopic (exact) mass is 381 g/mol. The topological polar surface area (TPSA) is 80.0 Å². The minimum Gasteiger partial charge on any atom is -0.481 e. The molecular formula is C16H16BrNO5. The number of hydrogen-bond acceptors (Lipinski definition) is 4. The van der Waals surface area contributed by atoms with Crippen LogP contribution < -0.4 is 0 Å². The number of aliphatic carboxylic acids is 1. The van der Waals surface area contributed by atoms with Crippen LogP contribution in [0.3, 0.4) is 0 Å². The number of amides is 1. The van der Waals surface area contributed by atoms with Crippen LogP contribution in [0.5, 0.6) is 0 Å². The zero-order valence-corrected chi connectivity index (χ0v) is 14.1. The molecule has 0 radical (unpaired) electrons. The third-order valence-electron chi connectivity index (χ3n) is 3.75. The molecule has 1 N–H and O–H groups in total. The Morgan fingerprint density at radius 2 is 2.17 bits per heavy atom. The highest BCUT2D eigenvalue weighted by Crippen LogP contribution is 2.29. The van der Waals surface area contributed by atoms with E-state index in [1.54, 1.807) is 11.0 Å². The molecule has 1 aromatic heterocycles. The van der Waals surface area contributed by atoms with E-state index in [9.17, 15) is 9.59 Å². The Hall–Kier alpha value is -1.86. The largest absolute Gasteiger partial charge is 0.481 e. The van der Waals surface area contributed by atoms with Crippen LogP contribution in [0.15, 0.2) is 27.1 Å². The lowest BCUT2D eigenvalue weighted by Crippen LogP contribution is -2.46. The average Bonchev–Trinajstić information content (AvgIpc) is 2.90. The first kappa shape index (κ1) is 16.0. The number of hydrogen-bond donors (Lipinski definition) is 1. The number of halogens is 1. The molecule has 0 aliphatic carbocycles. The Labute approximate surface area is 141 Å². The van der Waals surface area contributed by atoms with Crippen LogP contribution in [0, 0.1) is 6.92 Å². The molecule has 2 heterocycles. The van der Waals surface area contributed by atoms with E-state index in [-0.39, 0.29) is 24.6 Å². The van der Waals surface area contributed by atoms with E-state index in [1.165, 1.54) is 0 Å². The van der Waals surface area contributed by atoms with Gasteiger partial charge in [0.15, 0.2) is 5.76 Å². The quantitative estimate of drug-likeness (QED) is 0.883. The van der Waals surface area contributed by atoms with Gasteiger partial charge in [-0.1, -0.05) is 0 Å². The molecule has 1 saturated heterocycles. The number of carbonyl (C=O) groups is 2. The molecule has 23 heavy (non-hydrogen) atoms. The van der Waals surface area contributed by atoms with Crippen molar-refractivity contribution in [1.29, 1.82) is 0 Å². The number of carboxylic acid groups (broad SMARTS) is 1. The first-order chi connectivity index (χ1) is 10.9. The van der Waals surface area contributed by atoms with Crippen molar-refractivity contribution in [2.45, 2.75) is 19.4 Å². The minimum atomic E-state index is -0.938. The summed E-state index contributed by atoms with van der Waals surface area (Å²) in [7, 11) is 0. The lowest BCUT2D eigenvalue weighted by molar-refractivity contribution is -0.141. The molecular weight excluding hydrogens is 366 g/mol. The van der Waals surface area contributed by atoms with Gasteiger partial charge in [0, 0.05) is 18.5 Å². The second-order valence-electron chi connectivity index (χ2n) is 5.62. The summed E-state index contributed by atoms with van der Waals surface area (Å²) in [4.78, 5) is 25.0. The number of ether oxygens (including phenoxy) is 1. The van der Waals surface area contributed by atoms with E-state index >= 15 is 0 Å². The molecule has 1 fully saturated rings. The summed E-state index contributed by atoms with van der Waals surface area (Å²) in [5.74, 6) is -0.931. The van der Waals surface area contributed by atoms with E-state index in [0.29, 0.717) is 18.7 Å². The van der Waals surface area contributed by atoms with Crippen LogP contribution >= 0.6 is 15.9 Å². The van der Waals surface area contributed by atoms with Gasteiger partial charge in [0.1, 0.15) is 5.58 Å². The lowest BCUT2D eigenvalue weighted by Gasteiger charge is -2.31. The predicted octanol–water partition coefficient (Wildman–Crippen LogP) is 2.82. The summed E-state index contributed by atoms with van der Waals surface area (Å²) < 4.78 is 11.9. The van der Waals surface area contributed by atoms with Crippen molar-refractivity contribution >= 4 is 38.8 Å². The number of carbonyl (C=O) groups excluding carboxylic acids is 1. The highest BCUT2D eigenvalue weighted by molar-refractivity contribution is 9.10. The fourth-order valence-corrected chi connectivity index (χ4v) is 3.41. The SMILES string of the molecule is Cc1cc(Br)c2oc(C(=O)N3CCOC(CC(=O)O)C3)cc2c1. The molecule has 0 spiro atoms. The van der Waals surface area contributed by atoms with Crippen LogP contribution in [-0.4, -0.2) is 47.7 Å². The van der Waals surface area contributed by atoms with Crippen molar-refractivity contribution in [2.24, 2.45) is 0 Å². The third-order valence-corrected chi connectivity index (χ3v) is 4.34. The van der Waals surface area contributed by atoms with Gasteiger partial charge in [-0.25, -0.2) is 0 Å². The van der Waals surface area contributed by atoms with Gasteiger partial charge in [0.25, 0.3) is 5.91 Å². The summed E-state index contributed by atoms with van der Waals surface area (Å²) in [6.45, 7) is 2.97. The van der Waals surface area contributed by atoms with Crippen LogP contribution in [0.1, 0.15) is 22.5 Å². The van der Waals surface area contributed by atoms with E-state index in [4.69, 9.17) is 14.3 Å². The molecule has 0 bridgehead atoms. The zero-order valence-electron chi connectivity index (χ0n) is 12.5. The van der Waals surface area contributed by atoms with Gasteiger partial charge in [-0.3, -0.25) is 9.59 Å². The van der Waals surface area contributed by atoms with Crippen LogP contribution in [0.25, 0.3) is 11.0 Å². The van der Waals surface area contributed by atoms with Crippen molar-refractivity contribution < 1.29 is 23.8 Å². The fourth-order valence-electron chi connectivity index (χ4n) is 2.73. The smallest absolute Gasteiger partial charge is 0.306 e. The Morgan fingerprint density at radius 3 is 2.91 bits per heavy atom. The molecule has 1 aliphatic rings. The standard InChI is InChI=1S/C16H16BrNO5/c1-9-4-10-6-13(23-15(10)12(17)5-9)16(21)18-2-3-22-11(8-18)7-14(19)20/h4-6,11H,2-3,7-8H2,1H3,(H,19,20). The number of carboxylic acids is 1. The molecule has 1 aliphatic heterocycles. The number of nitrogens with zero attached hydrogens (tertiary/aromatic N) is 1. The van der Waals surface area contributed by atoms with E-state index in [0.717, 1.165) is 15.4 Å². The van der Waals surface area contributed by atoms with Crippen molar-refractivity contribution in [3.63, 3.8) is 0 Å². The summed E-state index contributed by atoms with van der Waals surface area (Å²) in [5, 5.41) is 9.71. The molecule has 122 valence electrons. The second-order valence-corrected chi connectivity index (χ2v) is 6.47. The number of aryl methyl sites for hydroxylation is 1. The van der Waals surface area contributed by atoms with Gasteiger partial charge in [0.05, 0.1) is 23.6 Å². The molecule has 1 aromatic carbocycles. The van der Waals surface area contributed by atoms with Crippen LogP contribution in [-0.2, 0) is 9.53 Å². The van der Waals surface area contributed by atoms with Gasteiger partial charge in [0.2, 0.25) is 0 Å². The molecule has 2 aromatic rings. The van der Waals surface area contributed by atoms with Crippen molar-refractivity contribution in [3.8, 4) is 0 Å². The third kappa shape index (κ3) is 3.40. The molecule has 7 heteroatoms. The first-order valence-electron chi connectivity index (χ1n) is 7.26. The van der Waals surface area contributed by atoms with Gasteiger partial charge >= 0.3 is 5.97 Å². The van der Waals surface area contributed by atoms with Crippen LogP contribution in [0.4, 0.5) is 0 Å². The van der Waals surface area contributed by atoms with E-state index < -0.39 is 12.1 Å². The number of furan rings is 1. The number of rotatable bonds is 3. The summed E-state index contributed by atoms with van der Waals surface area (Å²) in [5.41, 5.74) is 1.70. The maximum atomic E-state index is 12.6. The maximum Gasteiger partial charge on any atom is 0.306 e. The maximum absolute atomic E-state index is 12.6. The van der Waals surface area contributed by atoms with Gasteiger partial charge in [-0.2, -0.15) is 0 Å². The molecule has 6 nitrogen and oxygen atoms in total. The molecule has 0 saturated carbocycles. The average molecular weight is 382 g/mol. The summed E-state index contributed by atoms with van der Waals surface area (Å²) >= 11 is 3.44. The van der Waals surface area contributed by atoms with E-state index in [1.807, 2.05) is 19.1 Å². The van der Waals surface area contributed by atoms with Gasteiger partial charge in [-0.05, 0) is 46.6 Å². The molecule has 1 unspecified atom stereocenters. The predicted molar refractivity (Wildman–Crippen MR) is 86.5 cm³/mol. The minimum absolute atomic E-state index is 0.116. The molecule has 1 amide bonds. The highest BCUT2D eigenvalue weighted by Gasteiger charge is 2.28. The van der Waals surface area contributed by atoms with Crippen molar-refractivity contribution in [1.82, 2.24) is 4.90 Å². The van der Waals surface area contributed by atoms with Gasteiger partial charge in [-0.15, -0.1) is 0 Å². The Kier molecular flexibility index (Phi) is 4.41. The number of benzene rings is 1. The Morgan fingerprint density at radius 1 is 1.39 bits per heavy atom. The number of morpholine rings is 1. The zero-order chi connectivity index (χ0) is 16.6. The number of fused-ring (bicyclic) bond motifs is 1. The first-order valence-corrected chi connectivity index (χ1v) is 8.05. The van der Waals surface area contributed by atoms with E-state index in [2.05, 4.69) is 15.9 Å². The second kappa shape index (κ2) is 6.33. The molecule has 3 rings (SSSR count).